The maximum absolute atomic E-state index is 10.6. The number of fused-ring (bicyclic) bond motifs is 1. The molecule has 0 radical (unpaired) electrons. The molecule has 0 aliphatic heterocycles. The van der Waals surface area contributed by atoms with Gasteiger partial charge in [-0.3, -0.25) is 4.21 Å². The van der Waals surface area contributed by atoms with Crippen LogP contribution in [-0.4, -0.2) is 8.76 Å². The second kappa shape index (κ2) is 4.92. The summed E-state index contributed by atoms with van der Waals surface area (Å²) >= 11 is 9.10. The standard InChI is InChI=1S/C8H4Cl2O3S.Li/c9-5-1-4-2-8(14(11)12)13-7(4)3-6(5)10;/h1-3H,(H,11,12);/q;+1/p-1. The fourth-order valence-electron chi connectivity index (χ4n) is 1.09. The van der Waals surface area contributed by atoms with Crippen molar-refractivity contribution in [3.8, 4) is 0 Å². The summed E-state index contributed by atoms with van der Waals surface area (Å²) in [6, 6.07) is 4.43. The molecule has 3 nitrogen and oxygen atoms in total. The molecule has 0 saturated heterocycles. The first kappa shape index (κ1) is 13.1. The zero-order valence-corrected chi connectivity index (χ0v) is 9.95. The van der Waals surface area contributed by atoms with E-state index in [0.717, 1.165) is 0 Å². The third-order valence-electron chi connectivity index (χ3n) is 1.70. The van der Waals surface area contributed by atoms with Crippen molar-refractivity contribution in [3.05, 3.63) is 28.2 Å². The van der Waals surface area contributed by atoms with Crippen LogP contribution in [0.15, 0.2) is 27.7 Å². The zero-order chi connectivity index (χ0) is 10.3. The smallest absolute Gasteiger partial charge is 0.766 e. The van der Waals surface area contributed by atoms with Gasteiger partial charge in [-0.15, -0.1) is 0 Å². The molecule has 15 heavy (non-hydrogen) atoms. The molecular weight excluding hydrogens is 254 g/mol. The second-order valence-corrected chi connectivity index (χ2v) is 4.29. The minimum atomic E-state index is -2.38. The maximum Gasteiger partial charge on any atom is 1.00 e. The molecule has 0 amide bonds. The molecule has 7 heteroatoms. The third-order valence-corrected chi connectivity index (χ3v) is 2.95. The Hall–Kier alpha value is 0.0474. The summed E-state index contributed by atoms with van der Waals surface area (Å²) in [5.41, 5.74) is 0.401. The summed E-state index contributed by atoms with van der Waals surface area (Å²) in [6.07, 6.45) is 0. The van der Waals surface area contributed by atoms with Crippen LogP contribution in [0.1, 0.15) is 0 Å². The van der Waals surface area contributed by atoms with E-state index in [1.807, 2.05) is 0 Å². The first-order chi connectivity index (χ1) is 6.58. The zero-order valence-electron chi connectivity index (χ0n) is 7.62. The minimum absolute atomic E-state index is 0. The fraction of sp³-hybridized carbons (Fsp3) is 0. The number of rotatable bonds is 1. The summed E-state index contributed by atoms with van der Waals surface area (Å²) in [6.45, 7) is 0. The second-order valence-electron chi connectivity index (χ2n) is 2.60. The van der Waals surface area contributed by atoms with Crippen LogP contribution in [0.4, 0.5) is 0 Å². The molecular formula is C8H3Cl2LiO3S. The van der Waals surface area contributed by atoms with Crippen molar-refractivity contribution >= 4 is 45.3 Å². The van der Waals surface area contributed by atoms with Gasteiger partial charge in [-0.25, -0.2) is 0 Å². The molecule has 0 N–H and O–H groups in total. The largest absolute Gasteiger partial charge is 1.00 e. The van der Waals surface area contributed by atoms with Crippen LogP contribution < -0.4 is 18.9 Å². The summed E-state index contributed by atoms with van der Waals surface area (Å²) in [5.74, 6) is 0. The topological polar surface area (TPSA) is 53.3 Å². The van der Waals surface area contributed by atoms with Gasteiger partial charge in [0.2, 0.25) is 0 Å². The van der Waals surface area contributed by atoms with E-state index in [0.29, 0.717) is 21.0 Å². The molecule has 74 valence electrons. The van der Waals surface area contributed by atoms with Gasteiger partial charge >= 0.3 is 18.9 Å². The predicted octanol–water partition coefficient (Wildman–Crippen LogP) is -0.0184. The summed E-state index contributed by atoms with van der Waals surface area (Å²) in [4.78, 5) is 0. The van der Waals surface area contributed by atoms with Gasteiger partial charge in [-0.1, -0.05) is 23.2 Å². The monoisotopic (exact) mass is 256 g/mol. The Kier molecular flexibility index (Phi) is 4.30. The number of hydrogen-bond acceptors (Lipinski definition) is 3. The van der Waals surface area contributed by atoms with Gasteiger partial charge in [-0.2, -0.15) is 0 Å². The molecule has 0 aliphatic rings. The molecule has 0 spiro atoms. The van der Waals surface area contributed by atoms with Gasteiger partial charge in [0.15, 0.2) is 5.09 Å². The van der Waals surface area contributed by atoms with Crippen molar-refractivity contribution in [1.82, 2.24) is 0 Å². The minimum Gasteiger partial charge on any atom is -0.766 e. The van der Waals surface area contributed by atoms with E-state index in [2.05, 4.69) is 0 Å². The SMILES string of the molecule is O=S([O-])c1cc2cc(Cl)c(Cl)cc2o1.[Li+]. The maximum atomic E-state index is 10.6. The Morgan fingerprint density at radius 1 is 1.20 bits per heavy atom. The molecule has 1 heterocycles. The Morgan fingerprint density at radius 3 is 2.40 bits per heavy atom. The van der Waals surface area contributed by atoms with Crippen molar-refractivity contribution < 1.29 is 32.0 Å². The summed E-state index contributed by atoms with van der Waals surface area (Å²) < 4.78 is 26.2. The van der Waals surface area contributed by atoms with Crippen LogP contribution in [0, 0.1) is 0 Å². The van der Waals surface area contributed by atoms with Gasteiger partial charge in [0.05, 0.1) is 10.0 Å². The Balaban J connectivity index is 0.00000112. The van der Waals surface area contributed by atoms with Gasteiger partial charge < -0.3 is 8.97 Å². The molecule has 2 aromatic rings. The normalized spacial score (nSPS) is 12.5. The average Bonchev–Trinajstić information content (AvgIpc) is 2.48. The van der Waals surface area contributed by atoms with Gasteiger partial charge in [-0.05, 0) is 12.1 Å². The van der Waals surface area contributed by atoms with Crippen LogP contribution in [0.2, 0.25) is 10.0 Å². The van der Waals surface area contributed by atoms with E-state index in [4.69, 9.17) is 27.6 Å². The molecule has 0 fully saturated rings. The van der Waals surface area contributed by atoms with Crippen LogP contribution in [0.3, 0.4) is 0 Å². The number of furan rings is 1. The van der Waals surface area contributed by atoms with Gasteiger partial charge in [0.25, 0.3) is 0 Å². The third kappa shape index (κ3) is 2.59. The average molecular weight is 257 g/mol. The predicted molar refractivity (Wildman–Crippen MR) is 53.4 cm³/mol. The molecule has 1 unspecified atom stereocenters. The van der Waals surface area contributed by atoms with Gasteiger partial charge in [0, 0.05) is 22.5 Å². The molecule has 1 aromatic carbocycles. The molecule has 0 aliphatic carbocycles. The van der Waals surface area contributed by atoms with E-state index in [9.17, 15) is 8.76 Å². The van der Waals surface area contributed by atoms with Gasteiger partial charge in [0.1, 0.15) is 5.58 Å². The number of benzene rings is 1. The van der Waals surface area contributed by atoms with Crippen molar-refractivity contribution in [3.63, 3.8) is 0 Å². The molecule has 0 saturated carbocycles. The molecule has 1 atom stereocenters. The first-order valence-corrected chi connectivity index (χ1v) is 5.39. The van der Waals surface area contributed by atoms with E-state index in [-0.39, 0.29) is 24.0 Å². The molecule has 2 rings (SSSR count). The van der Waals surface area contributed by atoms with Crippen molar-refractivity contribution in [2.45, 2.75) is 5.09 Å². The van der Waals surface area contributed by atoms with Crippen LogP contribution in [-0.2, 0) is 11.1 Å². The van der Waals surface area contributed by atoms with Crippen molar-refractivity contribution in [2.75, 3.05) is 0 Å². The first-order valence-electron chi connectivity index (χ1n) is 3.56. The van der Waals surface area contributed by atoms with Crippen LogP contribution in [0.5, 0.6) is 0 Å². The number of hydrogen-bond donors (Lipinski definition) is 0. The van der Waals surface area contributed by atoms with Crippen LogP contribution in [0.25, 0.3) is 11.0 Å². The van der Waals surface area contributed by atoms with E-state index < -0.39 is 11.1 Å². The quantitative estimate of drug-likeness (QED) is 0.533. The molecule has 1 aromatic heterocycles. The molecule has 0 bridgehead atoms. The fourth-order valence-corrected chi connectivity index (χ4v) is 1.80. The Labute approximate surface area is 110 Å². The van der Waals surface area contributed by atoms with Crippen molar-refractivity contribution in [1.29, 1.82) is 0 Å². The van der Waals surface area contributed by atoms with E-state index in [1.54, 1.807) is 6.07 Å². The van der Waals surface area contributed by atoms with E-state index >= 15 is 0 Å². The Bertz CT molecular complexity index is 487. The summed E-state index contributed by atoms with van der Waals surface area (Å²) in [5, 5.41) is 1.18. The number of halogens is 2. The van der Waals surface area contributed by atoms with E-state index in [1.165, 1.54) is 12.1 Å². The van der Waals surface area contributed by atoms with Crippen LogP contribution >= 0.6 is 23.2 Å². The summed E-state index contributed by atoms with van der Waals surface area (Å²) in [7, 11) is 0. The Morgan fingerprint density at radius 2 is 1.80 bits per heavy atom. The van der Waals surface area contributed by atoms with Crippen molar-refractivity contribution in [2.24, 2.45) is 0 Å².